The zero-order chi connectivity index (χ0) is 32.3. The molecule has 0 atom stereocenters. The molecule has 0 unspecified atom stereocenters. The largest absolute Gasteiger partial charge is 0.485 e. The fourth-order valence-corrected chi connectivity index (χ4v) is 6.22. The molecule has 0 radical (unpaired) electrons. The fourth-order valence-electron chi connectivity index (χ4n) is 6.22. The Morgan fingerprint density at radius 3 is 1.93 bits per heavy atom. The highest BCUT2D eigenvalue weighted by atomic mass is 16.5. The molecule has 0 aliphatic heterocycles. The second-order valence-electron chi connectivity index (χ2n) is 13.7. The zero-order valence-electron chi connectivity index (χ0n) is 27.5. The molecule has 0 saturated heterocycles. The van der Waals surface area contributed by atoms with Crippen LogP contribution in [-0.4, -0.2) is 5.91 Å². The van der Waals surface area contributed by atoms with Gasteiger partial charge in [0.2, 0.25) is 0 Å². The first-order chi connectivity index (χ1) is 22.1. The second kappa shape index (κ2) is 12.9. The van der Waals surface area contributed by atoms with E-state index in [0.717, 1.165) is 16.9 Å². The Morgan fingerprint density at radius 1 is 0.717 bits per heavy atom. The van der Waals surface area contributed by atoms with Crippen molar-refractivity contribution in [2.45, 2.75) is 77.9 Å². The maximum absolute atomic E-state index is 13.3. The molecule has 0 fully saturated rings. The molecule has 4 aromatic carbocycles. The van der Waals surface area contributed by atoms with Gasteiger partial charge in [0.05, 0.1) is 0 Å². The molecule has 1 amide bonds. The van der Waals surface area contributed by atoms with Crippen molar-refractivity contribution in [2.24, 2.45) is 0 Å². The van der Waals surface area contributed by atoms with Crippen molar-refractivity contribution >= 4 is 11.6 Å². The number of carbonyl (C=O) groups excluding carboxylic acids is 1. The first kappa shape index (κ1) is 31.2. The summed E-state index contributed by atoms with van der Waals surface area (Å²) in [4.78, 5) is 13.3. The zero-order valence-corrected chi connectivity index (χ0v) is 27.5. The maximum Gasteiger partial charge on any atom is 0.291 e. The Labute approximate surface area is 272 Å². The van der Waals surface area contributed by atoms with Crippen LogP contribution in [0.4, 0.5) is 5.69 Å². The van der Waals surface area contributed by atoms with Crippen LogP contribution in [0, 0.1) is 6.92 Å². The Hall–Kier alpha value is -4.77. The minimum Gasteiger partial charge on any atom is -0.485 e. The molecule has 0 saturated carbocycles. The van der Waals surface area contributed by atoms with E-state index in [0.29, 0.717) is 36.8 Å². The number of nitrogens with one attached hydrogen (secondary N) is 1. The molecular formula is C41H43NO4. The van der Waals surface area contributed by atoms with Crippen LogP contribution in [0.25, 0.3) is 0 Å². The van der Waals surface area contributed by atoms with E-state index >= 15 is 0 Å². The summed E-state index contributed by atoms with van der Waals surface area (Å²) in [6.07, 6.45) is 2.99. The van der Waals surface area contributed by atoms with E-state index in [1.54, 1.807) is 12.1 Å². The third kappa shape index (κ3) is 7.04. The monoisotopic (exact) mass is 613 g/mol. The minimum atomic E-state index is -0.316. The predicted molar refractivity (Wildman–Crippen MR) is 184 cm³/mol. The molecule has 1 aliphatic carbocycles. The molecule has 1 aliphatic rings. The summed E-state index contributed by atoms with van der Waals surface area (Å²) in [5, 5.41) is 2.98. The summed E-state index contributed by atoms with van der Waals surface area (Å²) in [5.74, 6) is 1.86. The van der Waals surface area contributed by atoms with Crippen LogP contribution in [-0.2, 0) is 30.5 Å². The van der Waals surface area contributed by atoms with Crippen LogP contribution in [0.5, 0.6) is 11.5 Å². The number of carbonyl (C=O) groups is 1. The Morgan fingerprint density at radius 2 is 1.30 bits per heavy atom. The van der Waals surface area contributed by atoms with Crippen molar-refractivity contribution in [3.8, 4) is 11.5 Å². The van der Waals surface area contributed by atoms with Crippen molar-refractivity contribution in [1.82, 2.24) is 0 Å². The van der Waals surface area contributed by atoms with Gasteiger partial charge in [0, 0.05) is 18.2 Å². The molecule has 1 N–H and O–H groups in total. The molecule has 5 heteroatoms. The van der Waals surface area contributed by atoms with E-state index in [4.69, 9.17) is 13.9 Å². The quantitative estimate of drug-likeness (QED) is 0.170. The Kier molecular flexibility index (Phi) is 8.77. The molecular weight excluding hydrogens is 570 g/mol. The van der Waals surface area contributed by atoms with Gasteiger partial charge in [-0.25, -0.2) is 0 Å². The van der Waals surface area contributed by atoms with E-state index in [-0.39, 0.29) is 22.5 Å². The Balaban J connectivity index is 1.17. The van der Waals surface area contributed by atoms with Gasteiger partial charge < -0.3 is 19.2 Å². The highest BCUT2D eigenvalue weighted by Gasteiger charge is 2.37. The minimum absolute atomic E-state index is 0.132. The van der Waals surface area contributed by atoms with Crippen molar-refractivity contribution in [3.05, 3.63) is 148 Å². The van der Waals surface area contributed by atoms with Crippen molar-refractivity contribution < 1.29 is 18.7 Å². The van der Waals surface area contributed by atoms with Crippen molar-refractivity contribution in [1.29, 1.82) is 0 Å². The summed E-state index contributed by atoms with van der Waals surface area (Å²) in [6, 6.07) is 33.8. The normalized spacial score (nSPS) is 14.7. The van der Waals surface area contributed by atoms with E-state index in [9.17, 15) is 4.79 Å². The van der Waals surface area contributed by atoms with Gasteiger partial charge >= 0.3 is 0 Å². The van der Waals surface area contributed by atoms with E-state index in [2.05, 4.69) is 52.1 Å². The first-order valence-corrected chi connectivity index (χ1v) is 16.1. The van der Waals surface area contributed by atoms with E-state index < -0.39 is 0 Å². The number of hydrogen-bond donors (Lipinski definition) is 1. The summed E-state index contributed by atoms with van der Waals surface area (Å²) >= 11 is 0. The molecule has 236 valence electrons. The molecule has 0 bridgehead atoms. The lowest BCUT2D eigenvalue weighted by molar-refractivity contribution is 0.0995. The smallest absolute Gasteiger partial charge is 0.291 e. The number of aryl methyl sites for hydroxylation is 1. The predicted octanol–water partition coefficient (Wildman–Crippen LogP) is 9.94. The second-order valence-corrected chi connectivity index (χ2v) is 13.7. The lowest BCUT2D eigenvalue weighted by Crippen LogP contribution is -2.34. The number of hydrogen-bond acceptors (Lipinski definition) is 4. The van der Waals surface area contributed by atoms with Gasteiger partial charge in [-0.15, -0.1) is 0 Å². The number of fused-ring (bicyclic) bond motifs is 1. The molecule has 1 aromatic heterocycles. The lowest BCUT2D eigenvalue weighted by Gasteiger charge is -2.42. The van der Waals surface area contributed by atoms with Crippen LogP contribution in [0.1, 0.15) is 90.2 Å². The lowest BCUT2D eigenvalue weighted by atomic mass is 9.62. The van der Waals surface area contributed by atoms with Gasteiger partial charge in [-0.3, -0.25) is 4.79 Å². The molecule has 5 nitrogen and oxygen atoms in total. The average molecular weight is 614 g/mol. The topological polar surface area (TPSA) is 60.7 Å². The highest BCUT2D eigenvalue weighted by molar-refractivity contribution is 6.02. The molecule has 5 aromatic rings. The van der Waals surface area contributed by atoms with Crippen molar-refractivity contribution in [2.75, 3.05) is 5.32 Å². The van der Waals surface area contributed by atoms with Gasteiger partial charge in [0.15, 0.2) is 17.3 Å². The molecule has 1 heterocycles. The number of amides is 1. The highest BCUT2D eigenvalue weighted by Crippen LogP contribution is 2.46. The Bertz CT molecular complexity index is 1820. The summed E-state index contributed by atoms with van der Waals surface area (Å²) in [7, 11) is 0. The standard InChI is InChI=1S/C41H43NO4/c1-28-22-34-35(41(4,5)21-20-40(34,2)3)24-31(28)23-33-17-19-37(46-33)39(43)42-32-16-18-36(44-26-29-12-8-6-9-13-29)38(25-32)45-27-30-14-10-7-11-15-30/h6-19,22,24-25H,20-21,23,26-27H2,1-5H3,(H,42,43). The van der Waals surface area contributed by atoms with Crippen LogP contribution in [0.2, 0.25) is 0 Å². The van der Waals surface area contributed by atoms with E-state index in [1.807, 2.05) is 78.9 Å². The SMILES string of the molecule is Cc1cc2c(cc1Cc1ccc(C(=O)Nc3ccc(OCc4ccccc4)c(OCc4ccccc4)c3)o1)C(C)(C)CCC2(C)C. The first-order valence-electron chi connectivity index (χ1n) is 16.1. The summed E-state index contributed by atoms with van der Waals surface area (Å²) in [5.41, 5.74) is 8.35. The van der Waals surface area contributed by atoms with Crippen LogP contribution >= 0.6 is 0 Å². The number of furan rings is 1. The summed E-state index contributed by atoms with van der Waals surface area (Å²) < 4.78 is 18.4. The van der Waals surface area contributed by atoms with Gasteiger partial charge in [-0.05, 0) is 88.2 Å². The van der Waals surface area contributed by atoms with Gasteiger partial charge in [-0.2, -0.15) is 0 Å². The van der Waals surface area contributed by atoms with Crippen LogP contribution in [0.15, 0.2) is 108 Å². The molecule has 46 heavy (non-hydrogen) atoms. The summed E-state index contributed by atoms with van der Waals surface area (Å²) in [6.45, 7) is 12.3. The van der Waals surface area contributed by atoms with Gasteiger partial charge in [-0.1, -0.05) is 100 Å². The van der Waals surface area contributed by atoms with E-state index in [1.165, 1.54) is 35.1 Å². The third-order valence-corrected chi connectivity index (χ3v) is 9.24. The molecule has 0 spiro atoms. The van der Waals surface area contributed by atoms with Crippen LogP contribution < -0.4 is 14.8 Å². The maximum atomic E-state index is 13.3. The number of anilines is 1. The fraction of sp³-hybridized carbons (Fsp3) is 0.293. The van der Waals surface area contributed by atoms with Crippen molar-refractivity contribution in [3.63, 3.8) is 0 Å². The van der Waals surface area contributed by atoms with Crippen LogP contribution in [0.3, 0.4) is 0 Å². The molecule has 6 rings (SSSR count). The van der Waals surface area contributed by atoms with Gasteiger partial charge in [0.1, 0.15) is 19.0 Å². The van der Waals surface area contributed by atoms with Gasteiger partial charge in [0.25, 0.3) is 5.91 Å². The number of rotatable bonds is 10. The number of benzene rings is 4. The number of ether oxygens (including phenoxy) is 2. The third-order valence-electron chi connectivity index (χ3n) is 9.24. The average Bonchev–Trinajstić information content (AvgIpc) is 3.52.